The molecule has 0 spiro atoms. The topological polar surface area (TPSA) is 56.0 Å². The third-order valence-electron chi connectivity index (χ3n) is 3.49. The summed E-state index contributed by atoms with van der Waals surface area (Å²) in [4.78, 5) is 0. The van der Waals surface area contributed by atoms with Crippen LogP contribution in [0, 0.1) is 11.3 Å². The molecule has 1 aromatic rings. The minimum Gasteiger partial charge on any atom is -0.388 e. The van der Waals surface area contributed by atoms with E-state index in [1.165, 1.54) is 6.42 Å². The maximum absolute atomic E-state index is 10.4. The summed E-state index contributed by atoms with van der Waals surface area (Å²) in [5.41, 5.74) is 0.618. The zero-order valence-corrected chi connectivity index (χ0v) is 11.0. The summed E-state index contributed by atoms with van der Waals surface area (Å²) in [5, 5.41) is 23.1. The van der Waals surface area contributed by atoms with Gasteiger partial charge >= 0.3 is 0 Å². The second-order valence-electron chi connectivity index (χ2n) is 4.94. The van der Waals surface area contributed by atoms with Crippen LogP contribution < -0.4 is 5.32 Å². The van der Waals surface area contributed by atoms with Crippen molar-refractivity contribution < 1.29 is 5.11 Å². The van der Waals surface area contributed by atoms with Gasteiger partial charge in [-0.25, -0.2) is 0 Å². The van der Waals surface area contributed by atoms with E-state index in [2.05, 4.69) is 11.4 Å². The van der Waals surface area contributed by atoms with Gasteiger partial charge < -0.3 is 10.4 Å². The van der Waals surface area contributed by atoms with Crippen molar-refractivity contribution in [2.75, 3.05) is 11.9 Å². The molecule has 4 heteroatoms. The lowest BCUT2D eigenvalue weighted by atomic mass is 9.85. The van der Waals surface area contributed by atoms with Gasteiger partial charge in [0.05, 0.1) is 16.9 Å². The summed E-state index contributed by atoms with van der Waals surface area (Å²) in [6.45, 7) is 0.489. The average molecular weight is 265 g/mol. The van der Waals surface area contributed by atoms with Crippen LogP contribution in [-0.2, 0) is 0 Å². The molecule has 0 aliphatic heterocycles. The number of aliphatic hydroxyl groups is 1. The molecular weight excluding hydrogens is 248 g/mol. The highest BCUT2D eigenvalue weighted by Crippen LogP contribution is 2.29. The Morgan fingerprint density at radius 2 is 2.06 bits per heavy atom. The van der Waals surface area contributed by atoms with Gasteiger partial charge in [0.1, 0.15) is 6.07 Å². The van der Waals surface area contributed by atoms with E-state index in [0.29, 0.717) is 17.1 Å². The maximum atomic E-state index is 10.4. The molecule has 0 amide bonds. The van der Waals surface area contributed by atoms with Crippen molar-refractivity contribution in [1.82, 2.24) is 0 Å². The number of benzene rings is 1. The summed E-state index contributed by atoms with van der Waals surface area (Å²) in [7, 11) is 0. The second kappa shape index (κ2) is 5.60. The van der Waals surface area contributed by atoms with Crippen molar-refractivity contribution in [3.63, 3.8) is 0 Å². The van der Waals surface area contributed by atoms with Gasteiger partial charge in [-0.05, 0) is 31.0 Å². The quantitative estimate of drug-likeness (QED) is 0.881. The molecule has 18 heavy (non-hydrogen) atoms. The molecule has 1 aromatic carbocycles. The Hall–Kier alpha value is -1.24. The normalized spacial score (nSPS) is 18.1. The first-order chi connectivity index (χ1) is 8.63. The summed E-state index contributed by atoms with van der Waals surface area (Å²) in [5.74, 6) is 0. The van der Waals surface area contributed by atoms with Crippen LogP contribution in [0.1, 0.15) is 37.7 Å². The summed E-state index contributed by atoms with van der Waals surface area (Å²) in [6, 6.07) is 7.27. The number of hydrogen-bond donors (Lipinski definition) is 2. The molecule has 1 aliphatic carbocycles. The van der Waals surface area contributed by atoms with Gasteiger partial charge in [-0.1, -0.05) is 30.9 Å². The largest absolute Gasteiger partial charge is 0.388 e. The van der Waals surface area contributed by atoms with Crippen molar-refractivity contribution >= 4 is 17.3 Å². The van der Waals surface area contributed by atoms with E-state index >= 15 is 0 Å². The molecule has 0 saturated heterocycles. The molecule has 96 valence electrons. The lowest BCUT2D eigenvalue weighted by molar-refractivity contribution is 0.0167. The molecule has 0 atom stereocenters. The van der Waals surface area contributed by atoms with Crippen LogP contribution in [0.15, 0.2) is 18.2 Å². The highest BCUT2D eigenvalue weighted by molar-refractivity contribution is 6.30. The molecular formula is C14H17ClN2O. The van der Waals surface area contributed by atoms with Gasteiger partial charge in [-0.3, -0.25) is 0 Å². The van der Waals surface area contributed by atoms with E-state index in [9.17, 15) is 5.11 Å². The number of halogens is 1. The molecule has 0 heterocycles. The standard InChI is InChI=1S/C14H17ClN2O/c15-12-4-5-13(11(8-12)9-16)17-10-14(18)6-2-1-3-7-14/h4-5,8,17-18H,1-3,6-7,10H2. The van der Waals surface area contributed by atoms with Crippen molar-refractivity contribution in [3.05, 3.63) is 28.8 Å². The average Bonchev–Trinajstić information content (AvgIpc) is 2.38. The first-order valence-corrected chi connectivity index (χ1v) is 6.67. The highest BCUT2D eigenvalue weighted by atomic mass is 35.5. The lowest BCUT2D eigenvalue weighted by Crippen LogP contribution is -2.38. The van der Waals surface area contributed by atoms with Crippen molar-refractivity contribution in [3.8, 4) is 6.07 Å². The van der Waals surface area contributed by atoms with Crippen LogP contribution in [-0.4, -0.2) is 17.3 Å². The smallest absolute Gasteiger partial charge is 0.101 e. The van der Waals surface area contributed by atoms with Gasteiger partial charge in [0.15, 0.2) is 0 Å². The number of anilines is 1. The van der Waals surface area contributed by atoms with Gasteiger partial charge in [-0.15, -0.1) is 0 Å². The monoisotopic (exact) mass is 264 g/mol. The number of nitrogens with zero attached hydrogens (tertiary/aromatic N) is 1. The van der Waals surface area contributed by atoms with Crippen molar-refractivity contribution in [1.29, 1.82) is 5.26 Å². The minimum absolute atomic E-state index is 0.489. The fourth-order valence-electron chi connectivity index (χ4n) is 2.41. The van der Waals surface area contributed by atoms with Gasteiger partial charge in [0.2, 0.25) is 0 Å². The van der Waals surface area contributed by atoms with E-state index < -0.39 is 5.60 Å². The summed E-state index contributed by atoms with van der Waals surface area (Å²) < 4.78 is 0. The molecule has 1 aliphatic rings. The summed E-state index contributed by atoms with van der Waals surface area (Å²) >= 11 is 5.84. The fourth-order valence-corrected chi connectivity index (χ4v) is 2.58. The third-order valence-corrected chi connectivity index (χ3v) is 3.73. The minimum atomic E-state index is -0.634. The van der Waals surface area contributed by atoms with Crippen LogP contribution in [0.5, 0.6) is 0 Å². The first kappa shape index (κ1) is 13.2. The predicted molar refractivity (Wildman–Crippen MR) is 72.7 cm³/mol. The Kier molecular flexibility index (Phi) is 4.11. The fraction of sp³-hybridized carbons (Fsp3) is 0.500. The Balaban J connectivity index is 2.04. The number of rotatable bonds is 3. The Morgan fingerprint density at radius 1 is 1.33 bits per heavy atom. The molecule has 2 rings (SSSR count). The molecule has 0 unspecified atom stereocenters. The first-order valence-electron chi connectivity index (χ1n) is 6.29. The molecule has 0 bridgehead atoms. The maximum Gasteiger partial charge on any atom is 0.101 e. The molecule has 3 nitrogen and oxygen atoms in total. The van der Waals surface area contributed by atoms with E-state index in [4.69, 9.17) is 16.9 Å². The van der Waals surface area contributed by atoms with E-state index in [1.54, 1.807) is 18.2 Å². The predicted octanol–water partition coefficient (Wildman–Crippen LogP) is 3.32. The van der Waals surface area contributed by atoms with E-state index in [-0.39, 0.29) is 0 Å². The zero-order chi connectivity index (χ0) is 13.0. The molecule has 0 radical (unpaired) electrons. The number of nitriles is 1. The molecule has 2 N–H and O–H groups in total. The van der Waals surface area contributed by atoms with Crippen LogP contribution >= 0.6 is 11.6 Å². The lowest BCUT2D eigenvalue weighted by Gasteiger charge is -2.32. The van der Waals surface area contributed by atoms with Gasteiger partial charge in [-0.2, -0.15) is 5.26 Å². The van der Waals surface area contributed by atoms with Gasteiger partial charge in [0, 0.05) is 11.6 Å². The third kappa shape index (κ3) is 3.16. The Labute approximate surface area is 112 Å². The van der Waals surface area contributed by atoms with Crippen LogP contribution in [0.3, 0.4) is 0 Å². The molecule has 1 saturated carbocycles. The van der Waals surface area contributed by atoms with Crippen LogP contribution in [0.25, 0.3) is 0 Å². The second-order valence-corrected chi connectivity index (χ2v) is 5.38. The highest BCUT2D eigenvalue weighted by Gasteiger charge is 2.28. The number of nitrogens with one attached hydrogen (secondary N) is 1. The zero-order valence-electron chi connectivity index (χ0n) is 10.2. The Morgan fingerprint density at radius 3 is 2.72 bits per heavy atom. The van der Waals surface area contributed by atoms with Crippen molar-refractivity contribution in [2.24, 2.45) is 0 Å². The molecule has 1 fully saturated rings. The van der Waals surface area contributed by atoms with Crippen LogP contribution in [0.2, 0.25) is 5.02 Å². The number of hydrogen-bond acceptors (Lipinski definition) is 3. The van der Waals surface area contributed by atoms with Crippen molar-refractivity contribution in [2.45, 2.75) is 37.7 Å². The Bertz CT molecular complexity index is 461. The van der Waals surface area contributed by atoms with Gasteiger partial charge in [0.25, 0.3) is 0 Å². The van der Waals surface area contributed by atoms with Crippen LogP contribution in [0.4, 0.5) is 5.69 Å². The SMILES string of the molecule is N#Cc1cc(Cl)ccc1NCC1(O)CCCCC1. The summed E-state index contributed by atoms with van der Waals surface area (Å²) in [6.07, 6.45) is 5.01. The molecule has 0 aromatic heterocycles. The van der Waals surface area contributed by atoms with E-state index in [1.807, 2.05) is 0 Å². The van der Waals surface area contributed by atoms with E-state index in [0.717, 1.165) is 31.4 Å².